The number of hydrogen-bond donors (Lipinski definition) is 0. The molecule has 0 aliphatic carbocycles. The Hall–Kier alpha value is 0.360. The van der Waals surface area contributed by atoms with Gasteiger partial charge in [-0.1, -0.05) is 0 Å². The fourth-order valence-corrected chi connectivity index (χ4v) is 2.09. The molecule has 3 rings (SSSR count). The van der Waals surface area contributed by atoms with Crippen LogP contribution >= 0.6 is 0 Å². The van der Waals surface area contributed by atoms with Crippen molar-refractivity contribution in [2.24, 2.45) is 11.3 Å². The average molecular weight is 180 g/mol. The Bertz CT molecular complexity index is 165. The Morgan fingerprint density at radius 2 is 2.08 bits per heavy atom. The van der Waals surface area contributed by atoms with Crippen LogP contribution in [-0.4, -0.2) is 30.6 Å². The van der Waals surface area contributed by atoms with Crippen LogP contribution in [0, 0.1) is 10.8 Å². The molecule has 0 spiro atoms. The van der Waals surface area contributed by atoms with Crippen molar-refractivity contribution in [1.82, 2.24) is 4.90 Å². The summed E-state index contributed by atoms with van der Waals surface area (Å²) < 4.78 is 0. The zero-order valence-corrected chi connectivity index (χ0v) is 9.40. The van der Waals surface area contributed by atoms with E-state index in [1.54, 1.807) is 0 Å². The van der Waals surface area contributed by atoms with Crippen LogP contribution in [0.1, 0.15) is 14.3 Å². The van der Waals surface area contributed by atoms with E-state index in [-0.39, 0.29) is 37.1 Å². The molecule has 0 aromatic heterocycles. The van der Waals surface area contributed by atoms with Crippen molar-refractivity contribution < 1.29 is 35.8 Å². The maximum Gasteiger partial charge on any atom is 1.00 e. The molecule has 2 bridgehead atoms. The van der Waals surface area contributed by atoms with Crippen LogP contribution in [0.2, 0.25) is 0 Å². The van der Waals surface area contributed by atoms with Crippen molar-refractivity contribution in [3.63, 3.8) is 0 Å². The molecule has 12 heavy (non-hydrogen) atoms. The Kier molecular flexibility index (Phi) is 3.96. The first-order valence-corrected chi connectivity index (χ1v) is 4.11. The molecule has 0 N–H and O–H groups in total. The summed E-state index contributed by atoms with van der Waals surface area (Å²) in [7, 11) is 0. The fourth-order valence-electron chi connectivity index (χ4n) is 2.09. The Morgan fingerprint density at radius 3 is 2.50 bits per heavy atom. The van der Waals surface area contributed by atoms with E-state index in [9.17, 15) is 4.91 Å². The largest absolute Gasteiger partial charge is 1.00 e. The van der Waals surface area contributed by atoms with Crippen LogP contribution in [0.4, 0.5) is 0 Å². The van der Waals surface area contributed by atoms with Crippen LogP contribution in [-0.2, 0) is 4.84 Å². The number of nitrogens with zero attached hydrogens (tertiary/aromatic N) is 2. The molecule has 0 aromatic rings. The summed E-state index contributed by atoms with van der Waals surface area (Å²) in [6.07, 6.45) is 2.41. The monoisotopic (exact) mass is 180 g/mol. The Morgan fingerprint density at radius 1 is 1.42 bits per heavy atom. The predicted molar refractivity (Wildman–Crippen MR) is 40.9 cm³/mol. The Labute approximate surface area is 95.3 Å². The minimum atomic E-state index is 0. The second kappa shape index (κ2) is 4.56. The third-order valence-corrected chi connectivity index (χ3v) is 2.77. The van der Waals surface area contributed by atoms with Crippen molar-refractivity contribution in [3.8, 4) is 0 Å². The van der Waals surface area contributed by atoms with Gasteiger partial charge in [-0.3, -0.25) is 4.90 Å². The first kappa shape index (κ1) is 10.4. The molecular weight excluding hydrogens is 167 g/mol. The maximum atomic E-state index is 9.86. The van der Waals surface area contributed by atoms with Crippen molar-refractivity contribution >= 4 is 0 Å². The van der Waals surface area contributed by atoms with Crippen molar-refractivity contribution in [3.05, 3.63) is 4.91 Å². The molecule has 3 heterocycles. The average Bonchev–Trinajstić information content (AvgIpc) is 2.07. The summed E-state index contributed by atoms with van der Waals surface area (Å²) in [6, 6.07) is 0. The summed E-state index contributed by atoms with van der Waals surface area (Å²) in [5.74, 6) is 0.581. The molecule has 0 amide bonds. The molecule has 5 heteroatoms. The number of piperidine rings is 3. The first-order chi connectivity index (χ1) is 5.40. The number of fused-ring (bicyclic) bond motifs is 3. The van der Waals surface area contributed by atoms with Crippen molar-refractivity contribution in [2.75, 3.05) is 19.6 Å². The molecule has 4 nitrogen and oxygen atoms in total. The zero-order chi connectivity index (χ0) is 7.68. The van der Waals surface area contributed by atoms with Crippen LogP contribution in [0.15, 0.2) is 5.34 Å². The maximum absolute atomic E-state index is 9.86. The summed E-state index contributed by atoms with van der Waals surface area (Å²) >= 11 is 0. The minimum absolute atomic E-state index is 0. The predicted octanol–water partition coefficient (Wildman–Crippen LogP) is -2.10. The van der Waals surface area contributed by atoms with Gasteiger partial charge >= 0.3 is 29.6 Å². The van der Waals surface area contributed by atoms with Gasteiger partial charge in [-0.15, -0.1) is 4.91 Å². The number of rotatable bonds is 2. The van der Waals surface area contributed by atoms with E-state index >= 15 is 0 Å². The van der Waals surface area contributed by atoms with Gasteiger partial charge in [0.1, 0.15) is 6.10 Å². The molecule has 1 unspecified atom stereocenters. The Balaban J connectivity index is 0.000000720. The second-order valence-corrected chi connectivity index (χ2v) is 3.36. The van der Waals surface area contributed by atoms with Gasteiger partial charge in [0.15, 0.2) is 5.34 Å². The molecule has 3 saturated heterocycles. The van der Waals surface area contributed by atoms with Crippen molar-refractivity contribution in [2.45, 2.75) is 18.9 Å². The van der Waals surface area contributed by atoms with Crippen LogP contribution in [0.5, 0.6) is 0 Å². The topological polar surface area (TPSA) is 41.9 Å². The minimum Gasteiger partial charge on any atom is -1.00 e. The van der Waals surface area contributed by atoms with Crippen LogP contribution in [0.3, 0.4) is 0 Å². The molecule has 0 saturated carbocycles. The van der Waals surface area contributed by atoms with E-state index in [4.69, 9.17) is 4.84 Å². The summed E-state index contributed by atoms with van der Waals surface area (Å²) in [4.78, 5) is 16.9. The van der Waals surface area contributed by atoms with Gasteiger partial charge in [-0.2, -0.15) is 0 Å². The SMILES string of the molecule is O=NOC1CN2CCC1CC2.[H-].[Na+]. The molecular formula is C7H13N2NaO2. The molecule has 64 valence electrons. The number of hydrogen-bond acceptors (Lipinski definition) is 4. The first-order valence-electron chi connectivity index (χ1n) is 4.11. The van der Waals surface area contributed by atoms with Crippen LogP contribution in [0.25, 0.3) is 0 Å². The molecule has 0 radical (unpaired) electrons. The summed E-state index contributed by atoms with van der Waals surface area (Å²) in [6.45, 7) is 3.24. The van der Waals surface area contributed by atoms with Gasteiger partial charge in [0.2, 0.25) is 0 Å². The summed E-state index contributed by atoms with van der Waals surface area (Å²) in [5.41, 5.74) is 0. The summed E-state index contributed by atoms with van der Waals surface area (Å²) in [5, 5.41) is 2.50. The van der Waals surface area contributed by atoms with Gasteiger partial charge in [0.25, 0.3) is 0 Å². The quantitative estimate of drug-likeness (QED) is 0.277. The van der Waals surface area contributed by atoms with Gasteiger partial charge in [0, 0.05) is 12.5 Å². The van der Waals surface area contributed by atoms with E-state index < -0.39 is 0 Å². The van der Waals surface area contributed by atoms with Gasteiger partial charge < -0.3 is 6.26 Å². The van der Waals surface area contributed by atoms with Gasteiger partial charge in [0.05, 0.1) is 0 Å². The van der Waals surface area contributed by atoms with E-state index in [1.807, 2.05) is 0 Å². The normalized spacial score (nSPS) is 38.5. The third-order valence-electron chi connectivity index (χ3n) is 2.77. The van der Waals surface area contributed by atoms with E-state index in [2.05, 4.69) is 10.2 Å². The standard InChI is InChI=1S/C7H12N2O2.Na.H/c10-8-11-7-5-9-3-1-6(7)2-4-9;;/h6-7H,1-5H2;;/q;+1;-1. The fraction of sp³-hybridized carbons (Fsp3) is 1.00. The molecule has 0 aromatic carbocycles. The van der Waals surface area contributed by atoms with E-state index in [0.717, 1.165) is 6.54 Å². The molecule has 3 aliphatic rings. The zero-order valence-electron chi connectivity index (χ0n) is 8.40. The van der Waals surface area contributed by atoms with Crippen LogP contribution < -0.4 is 29.6 Å². The van der Waals surface area contributed by atoms with Gasteiger partial charge in [-0.25, -0.2) is 0 Å². The van der Waals surface area contributed by atoms with Crippen molar-refractivity contribution in [1.29, 1.82) is 0 Å². The smallest absolute Gasteiger partial charge is 1.00 e. The van der Waals surface area contributed by atoms with E-state index in [1.165, 1.54) is 25.9 Å². The molecule has 3 aliphatic heterocycles. The molecule has 3 fully saturated rings. The third kappa shape index (κ3) is 1.99. The van der Waals surface area contributed by atoms with E-state index in [0.29, 0.717) is 5.92 Å². The second-order valence-electron chi connectivity index (χ2n) is 3.36. The molecule has 1 atom stereocenters. The van der Waals surface area contributed by atoms with Gasteiger partial charge in [-0.05, 0) is 25.9 Å².